The molecule has 0 fully saturated rings. The number of hydrogen-bond donors (Lipinski definition) is 0. The van der Waals surface area contributed by atoms with E-state index in [0.29, 0.717) is 0 Å². The Bertz CT molecular complexity index is 115. The topological polar surface area (TPSA) is 26.3 Å². The Morgan fingerprint density at radius 2 is 2.18 bits per heavy atom. The fourth-order valence-corrected chi connectivity index (χ4v) is 1.41. The number of rotatable bonds is 5. The van der Waals surface area contributed by atoms with Gasteiger partial charge in [-0.1, -0.05) is 22.6 Å². The molecule has 0 radical (unpaired) electrons. The fraction of sp³-hybridized carbons (Fsp3) is 0.875. The highest BCUT2D eigenvalue weighted by Crippen LogP contribution is 2.05. The third-order valence-electron chi connectivity index (χ3n) is 1.36. The van der Waals surface area contributed by atoms with Crippen LogP contribution in [0.15, 0.2) is 0 Å². The third kappa shape index (κ3) is 8.10. The molecule has 0 saturated carbocycles. The largest absolute Gasteiger partial charge is 0.463 e. The molecule has 0 aromatic heterocycles. The van der Waals surface area contributed by atoms with Crippen molar-refractivity contribution in [3.8, 4) is 0 Å². The van der Waals surface area contributed by atoms with Gasteiger partial charge in [-0.05, 0) is 30.6 Å². The van der Waals surface area contributed by atoms with Gasteiger partial charge in [-0.25, -0.2) is 0 Å². The van der Waals surface area contributed by atoms with Crippen LogP contribution in [0.1, 0.15) is 33.1 Å². The van der Waals surface area contributed by atoms with Crippen molar-refractivity contribution in [3.05, 3.63) is 0 Å². The summed E-state index contributed by atoms with van der Waals surface area (Å²) in [5.74, 6) is -0.174. The number of ether oxygens (including phenoxy) is 1. The molecule has 0 aliphatic heterocycles. The van der Waals surface area contributed by atoms with Gasteiger partial charge in [-0.3, -0.25) is 4.79 Å². The van der Waals surface area contributed by atoms with Crippen molar-refractivity contribution in [2.75, 3.05) is 4.43 Å². The minimum atomic E-state index is -0.174. The summed E-state index contributed by atoms with van der Waals surface area (Å²) in [4.78, 5) is 10.5. The molecule has 0 amide bonds. The first kappa shape index (κ1) is 11.2. The first-order valence-corrected chi connectivity index (χ1v) is 5.42. The number of carbonyl (C=O) groups is 1. The Morgan fingerprint density at radius 1 is 1.55 bits per heavy atom. The number of hydrogen-bond acceptors (Lipinski definition) is 2. The molecule has 0 heterocycles. The molecule has 11 heavy (non-hydrogen) atoms. The van der Waals surface area contributed by atoms with E-state index in [-0.39, 0.29) is 12.1 Å². The number of halogens is 1. The third-order valence-corrected chi connectivity index (χ3v) is 2.12. The average molecular weight is 270 g/mol. The van der Waals surface area contributed by atoms with E-state index >= 15 is 0 Å². The van der Waals surface area contributed by atoms with Gasteiger partial charge in [0.1, 0.15) is 0 Å². The Kier molecular flexibility index (Phi) is 7.01. The standard InChI is InChI=1S/C8H15IO2/c1-7(11-8(2)10)5-3-4-6-9/h7H,3-6H2,1-2H3. The van der Waals surface area contributed by atoms with E-state index in [9.17, 15) is 4.79 Å². The summed E-state index contributed by atoms with van der Waals surface area (Å²) >= 11 is 2.35. The maximum absolute atomic E-state index is 10.5. The Hall–Kier alpha value is 0.200. The highest BCUT2D eigenvalue weighted by molar-refractivity contribution is 14.1. The zero-order chi connectivity index (χ0) is 8.69. The van der Waals surface area contributed by atoms with Crippen LogP contribution in [0.2, 0.25) is 0 Å². The molecule has 0 N–H and O–H groups in total. The van der Waals surface area contributed by atoms with Gasteiger partial charge in [-0.15, -0.1) is 0 Å². The lowest BCUT2D eigenvalue weighted by Gasteiger charge is -2.10. The van der Waals surface area contributed by atoms with E-state index in [1.807, 2.05) is 6.92 Å². The lowest BCUT2D eigenvalue weighted by Crippen LogP contribution is -2.11. The first-order chi connectivity index (χ1) is 5.16. The second-order valence-electron chi connectivity index (χ2n) is 2.60. The molecular formula is C8H15IO2. The van der Waals surface area contributed by atoms with E-state index in [0.717, 1.165) is 12.8 Å². The highest BCUT2D eigenvalue weighted by Gasteiger charge is 2.03. The van der Waals surface area contributed by atoms with E-state index in [2.05, 4.69) is 22.6 Å². The molecule has 2 nitrogen and oxygen atoms in total. The minimum Gasteiger partial charge on any atom is -0.463 e. The predicted octanol–water partition coefficient (Wildman–Crippen LogP) is 2.54. The van der Waals surface area contributed by atoms with Crippen LogP contribution in [0.5, 0.6) is 0 Å². The van der Waals surface area contributed by atoms with Crippen molar-refractivity contribution >= 4 is 28.6 Å². The van der Waals surface area contributed by atoms with E-state index in [1.54, 1.807) is 0 Å². The molecule has 0 aromatic carbocycles. The quantitative estimate of drug-likeness (QED) is 0.332. The van der Waals surface area contributed by atoms with Crippen molar-refractivity contribution < 1.29 is 9.53 Å². The van der Waals surface area contributed by atoms with Gasteiger partial charge in [0, 0.05) is 6.92 Å². The highest BCUT2D eigenvalue weighted by atomic mass is 127. The minimum absolute atomic E-state index is 0.0930. The molecular weight excluding hydrogens is 255 g/mol. The van der Waals surface area contributed by atoms with Crippen molar-refractivity contribution in [2.45, 2.75) is 39.2 Å². The van der Waals surface area contributed by atoms with Crippen LogP contribution in [0.4, 0.5) is 0 Å². The van der Waals surface area contributed by atoms with E-state index in [1.165, 1.54) is 17.8 Å². The number of esters is 1. The molecule has 0 rings (SSSR count). The lowest BCUT2D eigenvalue weighted by molar-refractivity contribution is -0.145. The first-order valence-electron chi connectivity index (χ1n) is 3.90. The Labute approximate surface area is 81.8 Å². The SMILES string of the molecule is CC(=O)OC(C)CCCCI. The van der Waals surface area contributed by atoms with Gasteiger partial charge < -0.3 is 4.74 Å². The van der Waals surface area contributed by atoms with Crippen LogP contribution in [0.25, 0.3) is 0 Å². The summed E-state index contributed by atoms with van der Waals surface area (Å²) in [6.45, 7) is 3.39. The normalized spacial score (nSPS) is 12.6. The van der Waals surface area contributed by atoms with E-state index < -0.39 is 0 Å². The summed E-state index contributed by atoms with van der Waals surface area (Å²) < 4.78 is 6.14. The van der Waals surface area contributed by atoms with Gasteiger partial charge >= 0.3 is 5.97 Å². The van der Waals surface area contributed by atoms with Crippen molar-refractivity contribution in [1.29, 1.82) is 0 Å². The monoisotopic (exact) mass is 270 g/mol. The van der Waals surface area contributed by atoms with Crippen LogP contribution in [-0.2, 0) is 9.53 Å². The second-order valence-corrected chi connectivity index (χ2v) is 3.68. The van der Waals surface area contributed by atoms with Gasteiger partial charge in [0.15, 0.2) is 0 Å². The number of carbonyl (C=O) groups excluding carboxylic acids is 1. The van der Waals surface area contributed by atoms with Gasteiger partial charge in [0.25, 0.3) is 0 Å². The Balaban J connectivity index is 3.22. The number of alkyl halides is 1. The fourth-order valence-electron chi connectivity index (χ4n) is 0.869. The molecule has 0 spiro atoms. The maximum atomic E-state index is 10.5. The van der Waals surface area contributed by atoms with Gasteiger partial charge in [-0.2, -0.15) is 0 Å². The summed E-state index contributed by atoms with van der Waals surface area (Å²) in [7, 11) is 0. The molecule has 1 unspecified atom stereocenters. The zero-order valence-corrected chi connectivity index (χ0v) is 9.26. The molecule has 3 heteroatoms. The molecule has 0 aliphatic carbocycles. The second kappa shape index (κ2) is 6.88. The van der Waals surface area contributed by atoms with Crippen LogP contribution in [-0.4, -0.2) is 16.5 Å². The smallest absolute Gasteiger partial charge is 0.302 e. The van der Waals surface area contributed by atoms with E-state index in [4.69, 9.17) is 4.74 Å². The van der Waals surface area contributed by atoms with Gasteiger partial charge in [0.2, 0.25) is 0 Å². The molecule has 0 aromatic rings. The van der Waals surface area contributed by atoms with Crippen molar-refractivity contribution in [1.82, 2.24) is 0 Å². The van der Waals surface area contributed by atoms with Crippen LogP contribution >= 0.6 is 22.6 Å². The lowest BCUT2D eigenvalue weighted by atomic mass is 10.2. The van der Waals surface area contributed by atoms with Crippen molar-refractivity contribution in [2.24, 2.45) is 0 Å². The van der Waals surface area contributed by atoms with Crippen LogP contribution < -0.4 is 0 Å². The summed E-state index contributed by atoms with van der Waals surface area (Å²) in [5, 5.41) is 0. The molecule has 0 aliphatic rings. The number of unbranched alkanes of at least 4 members (excludes halogenated alkanes) is 1. The maximum Gasteiger partial charge on any atom is 0.302 e. The summed E-state index contributed by atoms with van der Waals surface area (Å²) in [5.41, 5.74) is 0. The van der Waals surface area contributed by atoms with Crippen molar-refractivity contribution in [3.63, 3.8) is 0 Å². The summed E-state index contributed by atoms with van der Waals surface area (Å²) in [6.07, 6.45) is 3.45. The summed E-state index contributed by atoms with van der Waals surface area (Å²) in [6, 6.07) is 0. The molecule has 0 bridgehead atoms. The average Bonchev–Trinajstić information content (AvgIpc) is 1.86. The molecule has 0 saturated heterocycles. The predicted molar refractivity (Wildman–Crippen MR) is 54.0 cm³/mol. The Morgan fingerprint density at radius 3 is 2.64 bits per heavy atom. The zero-order valence-electron chi connectivity index (χ0n) is 7.10. The van der Waals surface area contributed by atoms with Crippen LogP contribution in [0, 0.1) is 0 Å². The van der Waals surface area contributed by atoms with Gasteiger partial charge in [0.05, 0.1) is 6.10 Å². The molecule has 1 atom stereocenters. The molecule has 66 valence electrons. The van der Waals surface area contributed by atoms with Crippen LogP contribution in [0.3, 0.4) is 0 Å².